The van der Waals surface area contributed by atoms with Crippen LogP contribution < -0.4 is 0 Å². The Kier molecular flexibility index (Phi) is 40.2. The highest BCUT2D eigenvalue weighted by molar-refractivity contribution is 5.69. The predicted molar refractivity (Wildman–Crippen MR) is 207 cm³/mol. The highest BCUT2D eigenvalue weighted by Crippen LogP contribution is 2.19. The zero-order chi connectivity index (χ0) is 33.4. The van der Waals surface area contributed by atoms with Gasteiger partial charge in [-0.15, -0.1) is 0 Å². The minimum absolute atomic E-state index is 0.0769. The van der Waals surface area contributed by atoms with E-state index in [0.717, 1.165) is 19.3 Å². The maximum Gasteiger partial charge on any atom is 0.306 e. The molecule has 0 spiro atoms. The van der Waals surface area contributed by atoms with Crippen LogP contribution in [0.1, 0.15) is 271 Å². The van der Waals surface area contributed by atoms with E-state index in [1.165, 1.54) is 225 Å². The van der Waals surface area contributed by atoms with Gasteiger partial charge in [0.25, 0.3) is 0 Å². The van der Waals surface area contributed by atoms with Crippen LogP contribution in [-0.4, -0.2) is 12.1 Å². The van der Waals surface area contributed by atoms with Crippen LogP contribution in [0, 0.1) is 0 Å². The zero-order valence-corrected chi connectivity index (χ0v) is 32.5. The number of ether oxygens (including phenoxy) is 1. The highest BCUT2D eigenvalue weighted by atomic mass is 16.5. The van der Waals surface area contributed by atoms with Crippen LogP contribution in [0.2, 0.25) is 0 Å². The molecule has 0 fully saturated rings. The molecule has 0 amide bonds. The van der Waals surface area contributed by atoms with Crippen molar-refractivity contribution >= 4 is 5.97 Å². The molecule has 46 heavy (non-hydrogen) atoms. The molecule has 0 saturated heterocycles. The standard InChI is InChI=1S/C44H88O2/c1-4-7-10-13-16-18-20-22-24-26-28-30-33-36-39-42-44(45)46-43(40-37-34-31-15-12-9-6-3)41-38-35-32-29-27-25-23-21-19-17-14-11-8-5-2/h43H,4-42H2,1-3H3. The van der Waals surface area contributed by atoms with E-state index in [4.69, 9.17) is 4.74 Å². The number of unbranched alkanes of at least 4 members (excludes halogenated alkanes) is 33. The van der Waals surface area contributed by atoms with E-state index < -0.39 is 0 Å². The Morgan fingerprint density at radius 2 is 0.543 bits per heavy atom. The lowest BCUT2D eigenvalue weighted by atomic mass is 10.0. The number of carbonyl (C=O) groups excluding carboxylic acids is 1. The SMILES string of the molecule is CCCCCCCCCCCCCCCCCC(=O)OC(CCCCCCCCC)CCCCCCCCCCCCCCCC. The van der Waals surface area contributed by atoms with E-state index in [0.29, 0.717) is 6.42 Å². The summed E-state index contributed by atoms with van der Waals surface area (Å²) >= 11 is 0. The van der Waals surface area contributed by atoms with Gasteiger partial charge in [-0.3, -0.25) is 4.79 Å². The molecule has 1 unspecified atom stereocenters. The molecule has 0 heterocycles. The quantitative estimate of drug-likeness (QED) is 0.0488. The van der Waals surface area contributed by atoms with Crippen molar-refractivity contribution in [2.45, 2.75) is 277 Å². The first-order chi connectivity index (χ1) is 22.7. The van der Waals surface area contributed by atoms with Crippen LogP contribution in [0.4, 0.5) is 0 Å². The second-order valence-corrected chi connectivity index (χ2v) is 15.1. The molecule has 0 N–H and O–H groups in total. The summed E-state index contributed by atoms with van der Waals surface area (Å²) in [6, 6.07) is 0. The third-order valence-electron chi connectivity index (χ3n) is 10.3. The van der Waals surface area contributed by atoms with Gasteiger partial charge in [-0.05, 0) is 32.1 Å². The van der Waals surface area contributed by atoms with Gasteiger partial charge in [0.2, 0.25) is 0 Å². The molecule has 2 nitrogen and oxygen atoms in total. The lowest BCUT2D eigenvalue weighted by molar-refractivity contribution is -0.150. The largest absolute Gasteiger partial charge is 0.462 e. The zero-order valence-electron chi connectivity index (χ0n) is 32.5. The Labute approximate surface area is 292 Å². The first kappa shape index (κ1) is 45.5. The second kappa shape index (κ2) is 40.6. The van der Waals surface area contributed by atoms with Crippen LogP contribution in [0.5, 0.6) is 0 Å². The van der Waals surface area contributed by atoms with E-state index >= 15 is 0 Å². The molecular formula is C44H88O2. The molecule has 0 bridgehead atoms. The summed E-state index contributed by atoms with van der Waals surface area (Å²) in [5.41, 5.74) is 0. The highest BCUT2D eigenvalue weighted by Gasteiger charge is 2.14. The van der Waals surface area contributed by atoms with Gasteiger partial charge in [0.1, 0.15) is 6.10 Å². The van der Waals surface area contributed by atoms with E-state index in [9.17, 15) is 4.79 Å². The summed E-state index contributed by atoms with van der Waals surface area (Å²) in [5.74, 6) is 0.0769. The molecule has 0 aromatic carbocycles. The lowest BCUT2D eigenvalue weighted by Crippen LogP contribution is -2.18. The minimum atomic E-state index is 0.0769. The molecule has 0 aromatic heterocycles. The second-order valence-electron chi connectivity index (χ2n) is 15.1. The van der Waals surface area contributed by atoms with Crippen molar-refractivity contribution in [3.63, 3.8) is 0 Å². The molecule has 0 aliphatic rings. The summed E-state index contributed by atoms with van der Waals surface area (Å²) in [4.78, 5) is 12.7. The van der Waals surface area contributed by atoms with Gasteiger partial charge in [0, 0.05) is 6.42 Å². The molecular weight excluding hydrogens is 560 g/mol. The van der Waals surface area contributed by atoms with Crippen molar-refractivity contribution in [1.82, 2.24) is 0 Å². The van der Waals surface area contributed by atoms with Gasteiger partial charge in [-0.25, -0.2) is 0 Å². The van der Waals surface area contributed by atoms with Crippen LogP contribution in [-0.2, 0) is 9.53 Å². The van der Waals surface area contributed by atoms with E-state index in [-0.39, 0.29) is 12.1 Å². The Balaban J connectivity index is 3.91. The summed E-state index contributed by atoms with van der Waals surface area (Å²) in [5, 5.41) is 0. The Morgan fingerprint density at radius 3 is 0.804 bits per heavy atom. The normalized spacial score (nSPS) is 12.2. The van der Waals surface area contributed by atoms with Crippen LogP contribution in [0.25, 0.3) is 0 Å². The van der Waals surface area contributed by atoms with Crippen LogP contribution >= 0.6 is 0 Å². The molecule has 0 radical (unpaired) electrons. The number of hydrogen-bond donors (Lipinski definition) is 0. The molecule has 0 aliphatic carbocycles. The van der Waals surface area contributed by atoms with E-state index in [1.54, 1.807) is 0 Å². The fourth-order valence-corrected chi connectivity index (χ4v) is 7.04. The Hall–Kier alpha value is -0.530. The maximum absolute atomic E-state index is 12.7. The van der Waals surface area contributed by atoms with E-state index in [2.05, 4.69) is 20.8 Å². The van der Waals surface area contributed by atoms with Crippen molar-refractivity contribution in [2.24, 2.45) is 0 Å². The van der Waals surface area contributed by atoms with Crippen molar-refractivity contribution in [3.05, 3.63) is 0 Å². The summed E-state index contributed by atoms with van der Waals surface area (Å²) in [7, 11) is 0. The Bertz CT molecular complexity index is 558. The molecule has 0 aliphatic heterocycles. The van der Waals surface area contributed by atoms with Gasteiger partial charge in [-0.2, -0.15) is 0 Å². The molecule has 1 atom stereocenters. The van der Waals surface area contributed by atoms with Gasteiger partial charge in [0.05, 0.1) is 0 Å². The van der Waals surface area contributed by atoms with Gasteiger partial charge >= 0.3 is 5.97 Å². The number of esters is 1. The van der Waals surface area contributed by atoms with Crippen molar-refractivity contribution in [3.8, 4) is 0 Å². The monoisotopic (exact) mass is 649 g/mol. The molecule has 0 rings (SSSR count). The predicted octanol–water partition coefficient (Wildman–Crippen LogP) is 16.2. The van der Waals surface area contributed by atoms with Crippen molar-refractivity contribution in [2.75, 3.05) is 0 Å². The van der Waals surface area contributed by atoms with Gasteiger partial charge in [0.15, 0.2) is 0 Å². The molecule has 276 valence electrons. The van der Waals surface area contributed by atoms with Gasteiger partial charge in [-0.1, -0.05) is 233 Å². The fourth-order valence-electron chi connectivity index (χ4n) is 7.04. The molecule has 0 saturated carbocycles. The van der Waals surface area contributed by atoms with E-state index in [1.807, 2.05) is 0 Å². The average Bonchev–Trinajstić information content (AvgIpc) is 3.06. The Morgan fingerprint density at radius 1 is 0.326 bits per heavy atom. The van der Waals surface area contributed by atoms with Crippen LogP contribution in [0.15, 0.2) is 0 Å². The minimum Gasteiger partial charge on any atom is -0.462 e. The first-order valence-electron chi connectivity index (χ1n) is 21.9. The van der Waals surface area contributed by atoms with Crippen LogP contribution in [0.3, 0.4) is 0 Å². The number of hydrogen-bond acceptors (Lipinski definition) is 2. The topological polar surface area (TPSA) is 26.3 Å². The number of rotatable bonds is 40. The number of carbonyl (C=O) groups is 1. The van der Waals surface area contributed by atoms with Crippen molar-refractivity contribution in [1.29, 1.82) is 0 Å². The molecule has 0 aromatic rings. The maximum atomic E-state index is 12.7. The fraction of sp³-hybridized carbons (Fsp3) is 0.977. The molecule has 2 heteroatoms. The summed E-state index contributed by atoms with van der Waals surface area (Å²) < 4.78 is 6.09. The summed E-state index contributed by atoms with van der Waals surface area (Å²) in [6.07, 6.45) is 52.2. The summed E-state index contributed by atoms with van der Waals surface area (Å²) in [6.45, 7) is 6.88. The third kappa shape index (κ3) is 37.9. The smallest absolute Gasteiger partial charge is 0.306 e. The lowest BCUT2D eigenvalue weighted by Gasteiger charge is -2.18. The first-order valence-corrected chi connectivity index (χ1v) is 21.9. The third-order valence-corrected chi connectivity index (χ3v) is 10.3. The average molecular weight is 649 g/mol. The van der Waals surface area contributed by atoms with Gasteiger partial charge < -0.3 is 4.74 Å². The van der Waals surface area contributed by atoms with Crippen molar-refractivity contribution < 1.29 is 9.53 Å².